The quantitative estimate of drug-likeness (QED) is 0.826. The molecule has 0 spiro atoms. The first-order valence-electron chi connectivity index (χ1n) is 8.58. The summed E-state index contributed by atoms with van der Waals surface area (Å²) in [5.74, 6) is 0.550. The summed E-state index contributed by atoms with van der Waals surface area (Å²) in [5.41, 5.74) is 1.42. The molecule has 0 aliphatic carbocycles. The largest absolute Gasteiger partial charge is 0.338 e. The van der Waals surface area contributed by atoms with E-state index in [0.717, 1.165) is 49.8 Å². The van der Waals surface area contributed by atoms with Gasteiger partial charge in [-0.05, 0) is 50.0 Å². The Morgan fingerprint density at radius 1 is 1.35 bits per heavy atom. The fraction of sp³-hybridized carbons (Fsp3) is 0.500. The van der Waals surface area contributed by atoms with Crippen LogP contribution in [0.2, 0.25) is 0 Å². The summed E-state index contributed by atoms with van der Waals surface area (Å²) in [6, 6.07) is 7.26. The van der Waals surface area contributed by atoms with Gasteiger partial charge in [-0.3, -0.25) is 19.3 Å². The van der Waals surface area contributed by atoms with Crippen molar-refractivity contribution in [2.24, 2.45) is 5.92 Å². The van der Waals surface area contributed by atoms with Crippen LogP contribution in [0.15, 0.2) is 24.3 Å². The molecule has 1 unspecified atom stereocenters. The summed E-state index contributed by atoms with van der Waals surface area (Å²) in [4.78, 5) is 39.5. The van der Waals surface area contributed by atoms with Crippen LogP contribution >= 0.6 is 24.2 Å². The van der Waals surface area contributed by atoms with E-state index in [1.807, 2.05) is 24.1 Å². The van der Waals surface area contributed by atoms with Crippen LogP contribution in [0.3, 0.4) is 0 Å². The molecule has 1 N–H and O–H groups in total. The van der Waals surface area contributed by atoms with Crippen molar-refractivity contribution in [3.63, 3.8) is 0 Å². The second-order valence-electron chi connectivity index (χ2n) is 6.55. The van der Waals surface area contributed by atoms with Crippen molar-refractivity contribution in [2.75, 3.05) is 32.4 Å². The number of rotatable bonds is 5. The third-order valence-corrected chi connectivity index (χ3v) is 5.51. The number of imide groups is 1. The first-order valence-corrected chi connectivity index (χ1v) is 9.57. The molecule has 0 bridgehead atoms. The molecule has 0 saturated carbocycles. The van der Waals surface area contributed by atoms with Gasteiger partial charge in [0.25, 0.3) is 11.1 Å². The van der Waals surface area contributed by atoms with Gasteiger partial charge >= 0.3 is 0 Å². The van der Waals surface area contributed by atoms with Crippen LogP contribution < -0.4 is 5.32 Å². The molecule has 1 aromatic rings. The number of nitrogens with one attached hydrogen (secondary N) is 1. The van der Waals surface area contributed by atoms with Gasteiger partial charge in [-0.15, -0.1) is 12.4 Å². The minimum Gasteiger partial charge on any atom is -0.338 e. The van der Waals surface area contributed by atoms with Crippen molar-refractivity contribution in [3.05, 3.63) is 35.4 Å². The van der Waals surface area contributed by atoms with E-state index in [4.69, 9.17) is 0 Å². The third kappa shape index (κ3) is 4.78. The molecule has 2 aliphatic heterocycles. The van der Waals surface area contributed by atoms with Crippen LogP contribution in [0.1, 0.15) is 28.8 Å². The van der Waals surface area contributed by atoms with Crippen molar-refractivity contribution < 1.29 is 14.4 Å². The van der Waals surface area contributed by atoms with Gasteiger partial charge in [-0.2, -0.15) is 0 Å². The SMILES string of the molecule is CNCC1CCCN(C(=O)c2cccc(CN3C(=O)CSC3=O)c2)C1.Cl. The Hall–Kier alpha value is -1.57. The smallest absolute Gasteiger partial charge is 0.289 e. The maximum Gasteiger partial charge on any atom is 0.289 e. The number of carbonyl (C=O) groups excluding carboxylic acids is 3. The monoisotopic (exact) mass is 397 g/mol. The molecular weight excluding hydrogens is 374 g/mol. The topological polar surface area (TPSA) is 69.7 Å². The molecule has 3 amide bonds. The minimum atomic E-state index is -0.215. The Bertz CT molecular complexity index is 667. The number of benzene rings is 1. The summed E-state index contributed by atoms with van der Waals surface area (Å²) in [7, 11) is 1.93. The molecule has 6 nitrogen and oxygen atoms in total. The van der Waals surface area contributed by atoms with Crippen molar-refractivity contribution in [1.82, 2.24) is 15.1 Å². The summed E-state index contributed by atoms with van der Waals surface area (Å²) in [6.07, 6.45) is 2.16. The lowest BCUT2D eigenvalue weighted by atomic mass is 9.97. The van der Waals surface area contributed by atoms with Crippen molar-refractivity contribution in [3.8, 4) is 0 Å². The zero-order valence-corrected chi connectivity index (χ0v) is 16.4. The number of thioether (sulfide) groups is 1. The molecule has 1 atom stereocenters. The van der Waals surface area contributed by atoms with E-state index in [2.05, 4.69) is 5.32 Å². The van der Waals surface area contributed by atoms with Crippen LogP contribution in [0.25, 0.3) is 0 Å². The summed E-state index contributed by atoms with van der Waals surface area (Å²) in [6.45, 7) is 2.70. The molecular formula is C18H24ClN3O3S. The van der Waals surface area contributed by atoms with Gasteiger partial charge in [-0.1, -0.05) is 23.9 Å². The third-order valence-electron chi connectivity index (χ3n) is 4.65. The van der Waals surface area contributed by atoms with E-state index in [0.29, 0.717) is 11.5 Å². The van der Waals surface area contributed by atoms with Crippen molar-refractivity contribution in [2.45, 2.75) is 19.4 Å². The number of likely N-dealkylation sites (tertiary alicyclic amines) is 1. The molecule has 0 aromatic heterocycles. The Kier molecular flexibility index (Phi) is 7.49. The van der Waals surface area contributed by atoms with Crippen molar-refractivity contribution >= 4 is 41.2 Å². The van der Waals surface area contributed by atoms with Crippen LogP contribution in [0.5, 0.6) is 0 Å². The molecule has 2 saturated heterocycles. The van der Waals surface area contributed by atoms with E-state index in [1.165, 1.54) is 4.90 Å². The molecule has 2 aliphatic rings. The van der Waals surface area contributed by atoms with Gasteiger partial charge in [0.15, 0.2) is 0 Å². The Morgan fingerprint density at radius 2 is 2.15 bits per heavy atom. The highest BCUT2D eigenvalue weighted by atomic mass is 35.5. The number of carbonyl (C=O) groups is 3. The minimum absolute atomic E-state index is 0. The zero-order chi connectivity index (χ0) is 17.8. The van der Waals surface area contributed by atoms with Gasteiger partial charge in [0.2, 0.25) is 5.91 Å². The molecule has 2 heterocycles. The van der Waals surface area contributed by atoms with Crippen molar-refractivity contribution in [1.29, 1.82) is 0 Å². The Morgan fingerprint density at radius 3 is 2.85 bits per heavy atom. The number of hydrogen-bond acceptors (Lipinski definition) is 5. The fourth-order valence-corrected chi connectivity index (χ4v) is 4.13. The number of nitrogens with zero attached hydrogens (tertiary/aromatic N) is 2. The lowest BCUT2D eigenvalue weighted by Gasteiger charge is -2.33. The first-order chi connectivity index (χ1) is 12.1. The lowest BCUT2D eigenvalue weighted by Crippen LogP contribution is -2.42. The van der Waals surface area contributed by atoms with E-state index in [-0.39, 0.29) is 41.8 Å². The van der Waals surface area contributed by atoms with Crippen LogP contribution in [0.4, 0.5) is 4.79 Å². The average Bonchev–Trinajstić information content (AvgIpc) is 2.94. The predicted octanol–water partition coefficient (Wildman–Crippen LogP) is 2.38. The maximum atomic E-state index is 12.8. The molecule has 142 valence electrons. The molecule has 3 rings (SSSR count). The molecule has 26 heavy (non-hydrogen) atoms. The van der Waals surface area contributed by atoms with Gasteiger partial charge in [0.05, 0.1) is 12.3 Å². The second kappa shape index (κ2) is 9.39. The second-order valence-corrected chi connectivity index (χ2v) is 7.48. The maximum absolute atomic E-state index is 12.8. The molecule has 2 fully saturated rings. The summed E-state index contributed by atoms with van der Waals surface area (Å²) < 4.78 is 0. The normalized spacial score (nSPS) is 20.3. The molecule has 1 aromatic carbocycles. The summed E-state index contributed by atoms with van der Waals surface area (Å²) >= 11 is 1.03. The van der Waals surface area contributed by atoms with Crippen LogP contribution in [-0.2, 0) is 11.3 Å². The predicted molar refractivity (Wildman–Crippen MR) is 105 cm³/mol. The summed E-state index contributed by atoms with van der Waals surface area (Å²) in [5, 5.41) is 2.97. The Labute approximate surface area is 164 Å². The number of hydrogen-bond donors (Lipinski definition) is 1. The van der Waals surface area contributed by atoms with Gasteiger partial charge < -0.3 is 10.2 Å². The highest BCUT2D eigenvalue weighted by Crippen LogP contribution is 2.22. The fourth-order valence-electron chi connectivity index (χ4n) is 3.41. The standard InChI is InChI=1S/C18H23N3O3S.ClH/c1-19-9-14-5-3-7-20(10-14)17(23)15-6-2-4-13(8-15)11-21-16(22)12-25-18(21)24;/h2,4,6,8,14,19H,3,5,7,9-12H2,1H3;1H. The number of amides is 3. The van der Waals surface area contributed by atoms with E-state index < -0.39 is 0 Å². The molecule has 8 heteroatoms. The highest BCUT2D eigenvalue weighted by molar-refractivity contribution is 8.14. The highest BCUT2D eigenvalue weighted by Gasteiger charge is 2.30. The van der Waals surface area contributed by atoms with E-state index in [9.17, 15) is 14.4 Å². The average molecular weight is 398 g/mol. The molecule has 0 radical (unpaired) electrons. The van der Waals surface area contributed by atoms with Gasteiger partial charge in [0.1, 0.15) is 0 Å². The van der Waals surface area contributed by atoms with Crippen LogP contribution in [0, 0.1) is 5.92 Å². The Balaban J connectivity index is 0.00000243. The first kappa shape index (κ1) is 20.7. The van der Waals surface area contributed by atoms with Gasteiger partial charge in [-0.25, -0.2) is 0 Å². The van der Waals surface area contributed by atoms with Gasteiger partial charge in [0, 0.05) is 18.7 Å². The van der Waals surface area contributed by atoms with E-state index >= 15 is 0 Å². The number of halogens is 1. The lowest BCUT2D eigenvalue weighted by molar-refractivity contribution is -0.125. The van der Waals surface area contributed by atoms with E-state index in [1.54, 1.807) is 12.1 Å². The number of piperidine rings is 1. The van der Waals surface area contributed by atoms with Crippen LogP contribution in [-0.4, -0.2) is 59.3 Å². The zero-order valence-electron chi connectivity index (χ0n) is 14.8.